The molecule has 0 fully saturated rings. The molecule has 0 aromatic carbocycles. The highest BCUT2D eigenvalue weighted by atomic mass is 32.2. The van der Waals surface area contributed by atoms with E-state index in [0.717, 1.165) is 12.8 Å². The van der Waals surface area contributed by atoms with Crippen molar-refractivity contribution in [2.45, 2.75) is 26.7 Å². The largest absolute Gasteiger partial charge is 0.215 e. The molecule has 0 aliphatic carbocycles. The maximum Gasteiger partial charge on any atom is 0.208 e. The summed E-state index contributed by atoms with van der Waals surface area (Å²) in [5, 5.41) is 0. The average molecular weight is 179 g/mol. The van der Waals surface area contributed by atoms with Crippen molar-refractivity contribution in [1.29, 1.82) is 0 Å². The highest BCUT2D eigenvalue weighted by Crippen LogP contribution is 2.05. The van der Waals surface area contributed by atoms with Crippen molar-refractivity contribution < 1.29 is 8.42 Å². The Balaban J connectivity index is 3.69. The van der Waals surface area contributed by atoms with Crippen LogP contribution in [0.3, 0.4) is 0 Å². The van der Waals surface area contributed by atoms with Crippen molar-refractivity contribution in [3.63, 3.8) is 0 Å². The SMILES string of the molecule is CCC(CC)CNS(C)(=O)=O. The number of rotatable bonds is 5. The summed E-state index contributed by atoms with van der Waals surface area (Å²) in [4.78, 5) is 0. The first kappa shape index (κ1) is 10.9. The minimum absolute atomic E-state index is 0.477. The number of sulfonamides is 1. The summed E-state index contributed by atoms with van der Waals surface area (Å²) >= 11 is 0. The van der Waals surface area contributed by atoms with Gasteiger partial charge in [-0.2, -0.15) is 0 Å². The summed E-state index contributed by atoms with van der Waals surface area (Å²) < 4.78 is 23.8. The smallest absolute Gasteiger partial charge is 0.208 e. The Morgan fingerprint density at radius 2 is 1.73 bits per heavy atom. The monoisotopic (exact) mass is 179 g/mol. The molecule has 0 aromatic heterocycles. The zero-order chi connectivity index (χ0) is 8.91. The van der Waals surface area contributed by atoms with E-state index in [9.17, 15) is 8.42 Å². The molecule has 0 unspecified atom stereocenters. The van der Waals surface area contributed by atoms with E-state index in [1.54, 1.807) is 0 Å². The van der Waals surface area contributed by atoms with Crippen LogP contribution in [0.25, 0.3) is 0 Å². The highest BCUT2D eigenvalue weighted by Gasteiger charge is 2.06. The molecule has 4 heteroatoms. The van der Waals surface area contributed by atoms with Crippen LogP contribution >= 0.6 is 0 Å². The van der Waals surface area contributed by atoms with Crippen LogP contribution in [0.4, 0.5) is 0 Å². The lowest BCUT2D eigenvalue weighted by Gasteiger charge is -2.11. The molecule has 0 rings (SSSR count). The Bertz CT molecular complexity index is 183. The Hall–Kier alpha value is -0.0900. The third-order valence-corrected chi connectivity index (χ3v) is 2.48. The zero-order valence-corrected chi connectivity index (χ0v) is 8.24. The standard InChI is InChI=1S/C7H17NO2S/c1-4-7(5-2)6-8-11(3,9)10/h7-8H,4-6H2,1-3H3. The summed E-state index contributed by atoms with van der Waals surface area (Å²) in [5.74, 6) is 0.477. The second-order valence-electron chi connectivity index (χ2n) is 2.80. The van der Waals surface area contributed by atoms with Gasteiger partial charge in [-0.3, -0.25) is 0 Å². The van der Waals surface area contributed by atoms with Crippen LogP contribution in [-0.2, 0) is 10.0 Å². The Kier molecular flexibility index (Phi) is 4.68. The molecule has 68 valence electrons. The Labute approximate surface area is 69.2 Å². The molecule has 0 saturated heterocycles. The fraction of sp³-hybridized carbons (Fsp3) is 1.00. The Morgan fingerprint density at radius 1 is 1.27 bits per heavy atom. The molecular weight excluding hydrogens is 162 g/mol. The maximum atomic E-state index is 10.7. The van der Waals surface area contributed by atoms with Crippen LogP contribution in [0.2, 0.25) is 0 Å². The molecule has 11 heavy (non-hydrogen) atoms. The zero-order valence-electron chi connectivity index (χ0n) is 7.42. The van der Waals surface area contributed by atoms with Crippen molar-refractivity contribution in [3.8, 4) is 0 Å². The topological polar surface area (TPSA) is 46.2 Å². The van der Waals surface area contributed by atoms with E-state index >= 15 is 0 Å². The lowest BCUT2D eigenvalue weighted by Crippen LogP contribution is -2.27. The van der Waals surface area contributed by atoms with Gasteiger partial charge in [-0.1, -0.05) is 26.7 Å². The van der Waals surface area contributed by atoms with Crippen molar-refractivity contribution in [2.75, 3.05) is 12.8 Å². The van der Waals surface area contributed by atoms with Gasteiger partial charge in [0.25, 0.3) is 0 Å². The van der Waals surface area contributed by atoms with Gasteiger partial charge in [0, 0.05) is 6.54 Å². The highest BCUT2D eigenvalue weighted by molar-refractivity contribution is 7.88. The molecule has 0 spiro atoms. The van der Waals surface area contributed by atoms with Gasteiger partial charge in [-0.25, -0.2) is 13.1 Å². The minimum atomic E-state index is -2.99. The molecule has 0 heterocycles. The van der Waals surface area contributed by atoms with E-state index in [1.165, 1.54) is 6.26 Å². The van der Waals surface area contributed by atoms with Gasteiger partial charge >= 0.3 is 0 Å². The summed E-state index contributed by atoms with van der Waals surface area (Å²) in [6.07, 6.45) is 3.24. The van der Waals surface area contributed by atoms with E-state index < -0.39 is 10.0 Å². The second-order valence-corrected chi connectivity index (χ2v) is 4.64. The van der Waals surface area contributed by atoms with Crippen LogP contribution < -0.4 is 4.72 Å². The van der Waals surface area contributed by atoms with E-state index in [-0.39, 0.29) is 0 Å². The van der Waals surface area contributed by atoms with Gasteiger partial charge in [0.15, 0.2) is 0 Å². The number of hydrogen-bond donors (Lipinski definition) is 1. The van der Waals surface area contributed by atoms with Gasteiger partial charge in [0.1, 0.15) is 0 Å². The molecule has 0 aliphatic heterocycles. The van der Waals surface area contributed by atoms with Crippen molar-refractivity contribution >= 4 is 10.0 Å². The summed E-state index contributed by atoms with van der Waals surface area (Å²) in [5.41, 5.74) is 0. The van der Waals surface area contributed by atoms with Gasteiger partial charge in [-0.05, 0) is 5.92 Å². The molecule has 0 aromatic rings. The van der Waals surface area contributed by atoms with Crippen LogP contribution in [0.5, 0.6) is 0 Å². The van der Waals surface area contributed by atoms with Crippen molar-refractivity contribution in [2.24, 2.45) is 5.92 Å². The van der Waals surface area contributed by atoms with Gasteiger partial charge in [0.05, 0.1) is 6.26 Å². The molecule has 0 saturated carbocycles. The fourth-order valence-corrected chi connectivity index (χ4v) is 1.39. The lowest BCUT2D eigenvalue weighted by atomic mass is 10.0. The van der Waals surface area contributed by atoms with Gasteiger partial charge in [0.2, 0.25) is 10.0 Å². The van der Waals surface area contributed by atoms with E-state index in [4.69, 9.17) is 0 Å². The average Bonchev–Trinajstić information content (AvgIpc) is 1.88. The van der Waals surface area contributed by atoms with Crippen LogP contribution in [0.15, 0.2) is 0 Å². The molecule has 1 N–H and O–H groups in total. The van der Waals surface area contributed by atoms with Crippen molar-refractivity contribution in [3.05, 3.63) is 0 Å². The van der Waals surface area contributed by atoms with Gasteiger partial charge < -0.3 is 0 Å². The first-order chi connectivity index (χ1) is 4.99. The summed E-state index contributed by atoms with van der Waals surface area (Å²) in [6.45, 7) is 4.71. The molecule has 3 nitrogen and oxygen atoms in total. The molecule has 0 amide bonds. The van der Waals surface area contributed by atoms with E-state index in [0.29, 0.717) is 12.5 Å². The minimum Gasteiger partial charge on any atom is -0.215 e. The van der Waals surface area contributed by atoms with Gasteiger partial charge in [-0.15, -0.1) is 0 Å². The lowest BCUT2D eigenvalue weighted by molar-refractivity contribution is 0.480. The molecule has 0 bridgehead atoms. The van der Waals surface area contributed by atoms with Crippen LogP contribution in [0, 0.1) is 5.92 Å². The van der Waals surface area contributed by atoms with Crippen molar-refractivity contribution in [1.82, 2.24) is 4.72 Å². The normalized spacial score (nSPS) is 12.4. The second kappa shape index (κ2) is 4.72. The summed E-state index contributed by atoms with van der Waals surface area (Å²) in [7, 11) is -2.99. The third-order valence-electron chi connectivity index (χ3n) is 1.79. The quantitative estimate of drug-likeness (QED) is 0.683. The fourth-order valence-electron chi connectivity index (χ4n) is 0.847. The maximum absolute atomic E-state index is 10.7. The Morgan fingerprint density at radius 3 is 2.00 bits per heavy atom. The van der Waals surface area contributed by atoms with Crippen LogP contribution in [0.1, 0.15) is 26.7 Å². The predicted molar refractivity (Wildman–Crippen MR) is 46.9 cm³/mol. The number of hydrogen-bond acceptors (Lipinski definition) is 2. The third kappa shape index (κ3) is 6.31. The van der Waals surface area contributed by atoms with E-state index in [2.05, 4.69) is 18.6 Å². The first-order valence-electron chi connectivity index (χ1n) is 3.94. The molecule has 0 atom stereocenters. The predicted octanol–water partition coefficient (Wildman–Crippen LogP) is 0.972. The summed E-state index contributed by atoms with van der Waals surface area (Å²) in [6, 6.07) is 0. The first-order valence-corrected chi connectivity index (χ1v) is 5.83. The number of nitrogens with one attached hydrogen (secondary N) is 1. The molecular formula is C7H17NO2S. The van der Waals surface area contributed by atoms with Crippen LogP contribution in [-0.4, -0.2) is 21.2 Å². The molecule has 0 aliphatic rings. The van der Waals surface area contributed by atoms with E-state index in [1.807, 2.05) is 0 Å². The molecule has 0 radical (unpaired) electrons.